The molecule has 0 aliphatic carbocycles. The molecule has 0 aliphatic rings. The summed E-state index contributed by atoms with van der Waals surface area (Å²) >= 11 is 1.09. The third-order valence-electron chi connectivity index (χ3n) is 2.14. The second-order valence-corrected chi connectivity index (χ2v) is 4.47. The lowest BCUT2D eigenvalue weighted by Crippen LogP contribution is -2.26. The van der Waals surface area contributed by atoms with E-state index in [2.05, 4.69) is 15.2 Å². The minimum atomic E-state index is -0.184. The van der Waals surface area contributed by atoms with E-state index < -0.39 is 0 Å². The molecule has 6 nitrogen and oxygen atoms in total. The molecule has 2 rings (SSSR count). The Labute approximate surface area is 102 Å². The Balaban J connectivity index is 2.06. The molecule has 88 valence electrons. The molecule has 0 atom stereocenters. The van der Waals surface area contributed by atoms with Crippen molar-refractivity contribution in [1.29, 1.82) is 0 Å². The van der Waals surface area contributed by atoms with E-state index in [4.69, 9.17) is 5.73 Å². The molecule has 0 bridgehead atoms. The van der Waals surface area contributed by atoms with Crippen LogP contribution in [0.15, 0.2) is 24.5 Å². The third kappa shape index (κ3) is 2.76. The van der Waals surface area contributed by atoms with Gasteiger partial charge in [-0.3, -0.25) is 9.78 Å². The maximum atomic E-state index is 11.9. The van der Waals surface area contributed by atoms with Crippen LogP contribution >= 0.6 is 11.3 Å². The van der Waals surface area contributed by atoms with E-state index in [1.807, 2.05) is 12.1 Å². The molecule has 0 saturated carbocycles. The van der Waals surface area contributed by atoms with Crippen LogP contribution in [-0.2, 0) is 6.54 Å². The minimum Gasteiger partial charge on any atom is -0.374 e. The SMILES string of the molecule is CN(Cc1ccncc1)C(=O)c1nnc(N)s1. The molecule has 0 spiro atoms. The summed E-state index contributed by atoms with van der Waals surface area (Å²) in [5, 5.41) is 7.94. The van der Waals surface area contributed by atoms with Crippen LogP contribution in [0.5, 0.6) is 0 Å². The lowest BCUT2D eigenvalue weighted by Gasteiger charge is -2.14. The van der Waals surface area contributed by atoms with Crippen LogP contribution in [0, 0.1) is 0 Å². The van der Waals surface area contributed by atoms with Crippen molar-refractivity contribution in [3.63, 3.8) is 0 Å². The number of hydrogen-bond donors (Lipinski definition) is 1. The zero-order valence-corrected chi connectivity index (χ0v) is 10.0. The smallest absolute Gasteiger partial charge is 0.284 e. The molecule has 7 heteroatoms. The first-order valence-corrected chi connectivity index (χ1v) is 5.72. The van der Waals surface area contributed by atoms with Gasteiger partial charge >= 0.3 is 0 Å². The average Bonchev–Trinajstić information content (AvgIpc) is 2.76. The largest absolute Gasteiger partial charge is 0.374 e. The van der Waals surface area contributed by atoms with Crippen molar-refractivity contribution >= 4 is 22.4 Å². The Morgan fingerprint density at radius 1 is 1.41 bits per heavy atom. The van der Waals surface area contributed by atoms with Gasteiger partial charge in [-0.15, -0.1) is 10.2 Å². The summed E-state index contributed by atoms with van der Waals surface area (Å²) in [5.41, 5.74) is 6.44. The van der Waals surface area contributed by atoms with Gasteiger partial charge in [-0.25, -0.2) is 0 Å². The Kier molecular flexibility index (Phi) is 3.29. The summed E-state index contributed by atoms with van der Waals surface area (Å²) in [6.07, 6.45) is 3.38. The maximum absolute atomic E-state index is 11.9. The highest BCUT2D eigenvalue weighted by atomic mass is 32.1. The second-order valence-electron chi connectivity index (χ2n) is 3.46. The predicted molar refractivity (Wildman–Crippen MR) is 64.4 cm³/mol. The van der Waals surface area contributed by atoms with Crippen LogP contribution in [0.25, 0.3) is 0 Å². The molecule has 0 aromatic carbocycles. The van der Waals surface area contributed by atoms with Crippen LogP contribution in [0.3, 0.4) is 0 Å². The van der Waals surface area contributed by atoms with Crippen LogP contribution in [-0.4, -0.2) is 33.0 Å². The number of nitrogens with two attached hydrogens (primary N) is 1. The summed E-state index contributed by atoms with van der Waals surface area (Å²) in [6, 6.07) is 3.72. The Morgan fingerprint density at radius 3 is 2.71 bits per heavy atom. The van der Waals surface area contributed by atoms with Gasteiger partial charge in [0.15, 0.2) is 0 Å². The summed E-state index contributed by atoms with van der Waals surface area (Å²) < 4.78 is 0. The second kappa shape index (κ2) is 4.88. The van der Waals surface area contributed by atoms with Crippen LogP contribution in [0.1, 0.15) is 15.4 Å². The van der Waals surface area contributed by atoms with Gasteiger partial charge in [-0.05, 0) is 17.7 Å². The van der Waals surface area contributed by atoms with E-state index in [0.29, 0.717) is 16.7 Å². The van der Waals surface area contributed by atoms with Gasteiger partial charge in [0.25, 0.3) is 5.91 Å². The molecule has 2 aromatic rings. The fraction of sp³-hybridized carbons (Fsp3) is 0.200. The number of carbonyl (C=O) groups excluding carboxylic acids is 1. The fourth-order valence-corrected chi connectivity index (χ4v) is 1.92. The monoisotopic (exact) mass is 249 g/mol. The normalized spacial score (nSPS) is 10.2. The summed E-state index contributed by atoms with van der Waals surface area (Å²) in [7, 11) is 1.71. The average molecular weight is 249 g/mol. The Bertz CT molecular complexity index is 512. The highest BCUT2D eigenvalue weighted by Crippen LogP contribution is 2.14. The lowest BCUT2D eigenvalue weighted by atomic mass is 10.2. The number of nitrogen functional groups attached to an aromatic ring is 1. The first-order chi connectivity index (χ1) is 8.16. The van der Waals surface area contributed by atoms with Crippen molar-refractivity contribution in [3.8, 4) is 0 Å². The Morgan fingerprint density at radius 2 is 2.12 bits per heavy atom. The van der Waals surface area contributed by atoms with Gasteiger partial charge in [-0.1, -0.05) is 11.3 Å². The number of amides is 1. The molecule has 0 unspecified atom stereocenters. The molecular formula is C10H11N5OS. The van der Waals surface area contributed by atoms with Gasteiger partial charge in [-0.2, -0.15) is 0 Å². The fourth-order valence-electron chi connectivity index (χ4n) is 1.32. The van der Waals surface area contributed by atoms with Crippen molar-refractivity contribution in [2.24, 2.45) is 0 Å². The van der Waals surface area contributed by atoms with E-state index in [0.717, 1.165) is 16.9 Å². The number of aromatic nitrogens is 3. The van der Waals surface area contributed by atoms with Gasteiger partial charge in [0, 0.05) is 26.0 Å². The number of hydrogen-bond acceptors (Lipinski definition) is 6. The zero-order valence-electron chi connectivity index (χ0n) is 9.20. The van der Waals surface area contributed by atoms with Crippen molar-refractivity contribution in [1.82, 2.24) is 20.1 Å². The predicted octanol–water partition coefficient (Wildman–Crippen LogP) is 0.788. The van der Waals surface area contributed by atoms with Crippen molar-refractivity contribution in [3.05, 3.63) is 35.1 Å². The maximum Gasteiger partial charge on any atom is 0.284 e. The first kappa shape index (κ1) is 11.5. The molecule has 2 N–H and O–H groups in total. The van der Waals surface area contributed by atoms with E-state index in [9.17, 15) is 4.79 Å². The Hall–Kier alpha value is -2.02. The van der Waals surface area contributed by atoms with Crippen LogP contribution < -0.4 is 5.73 Å². The van der Waals surface area contributed by atoms with Gasteiger partial charge in [0.2, 0.25) is 10.1 Å². The number of carbonyl (C=O) groups is 1. The molecule has 0 saturated heterocycles. The molecule has 2 aromatic heterocycles. The zero-order chi connectivity index (χ0) is 12.3. The van der Waals surface area contributed by atoms with Crippen LogP contribution in [0.4, 0.5) is 5.13 Å². The number of pyridine rings is 1. The van der Waals surface area contributed by atoms with E-state index in [1.165, 1.54) is 0 Å². The quantitative estimate of drug-likeness (QED) is 0.869. The third-order valence-corrected chi connectivity index (χ3v) is 2.88. The highest BCUT2D eigenvalue weighted by molar-refractivity contribution is 7.16. The highest BCUT2D eigenvalue weighted by Gasteiger charge is 2.16. The van der Waals surface area contributed by atoms with Crippen LogP contribution in [0.2, 0.25) is 0 Å². The first-order valence-electron chi connectivity index (χ1n) is 4.90. The molecule has 0 radical (unpaired) electrons. The van der Waals surface area contributed by atoms with Crippen molar-refractivity contribution in [2.75, 3.05) is 12.8 Å². The van der Waals surface area contributed by atoms with E-state index >= 15 is 0 Å². The number of nitrogens with zero attached hydrogens (tertiary/aromatic N) is 4. The van der Waals surface area contributed by atoms with Gasteiger partial charge < -0.3 is 10.6 Å². The molecule has 2 heterocycles. The summed E-state index contributed by atoms with van der Waals surface area (Å²) in [4.78, 5) is 17.4. The lowest BCUT2D eigenvalue weighted by molar-refractivity contribution is 0.0784. The minimum absolute atomic E-state index is 0.184. The summed E-state index contributed by atoms with van der Waals surface area (Å²) in [6.45, 7) is 0.501. The molecule has 17 heavy (non-hydrogen) atoms. The molecular weight excluding hydrogens is 238 g/mol. The van der Waals surface area contributed by atoms with Gasteiger partial charge in [0.05, 0.1) is 0 Å². The topological polar surface area (TPSA) is 85.0 Å². The van der Waals surface area contributed by atoms with E-state index in [-0.39, 0.29) is 5.91 Å². The number of anilines is 1. The van der Waals surface area contributed by atoms with Crippen molar-refractivity contribution < 1.29 is 4.79 Å². The standard InChI is InChI=1S/C10H11N5OS/c1-15(6-7-2-4-12-5-3-7)9(16)8-13-14-10(11)17-8/h2-5H,6H2,1H3,(H2,11,14). The van der Waals surface area contributed by atoms with E-state index in [1.54, 1.807) is 24.3 Å². The van der Waals surface area contributed by atoms with Gasteiger partial charge in [0.1, 0.15) is 0 Å². The molecule has 0 fully saturated rings. The number of rotatable bonds is 3. The summed E-state index contributed by atoms with van der Waals surface area (Å²) in [5.74, 6) is -0.184. The van der Waals surface area contributed by atoms with Crippen molar-refractivity contribution in [2.45, 2.75) is 6.54 Å². The molecule has 1 amide bonds. The molecule has 0 aliphatic heterocycles.